The molecule has 0 fully saturated rings. The summed E-state index contributed by atoms with van der Waals surface area (Å²) in [7, 11) is 0. The lowest BCUT2D eigenvalue weighted by atomic mass is 10.1. The summed E-state index contributed by atoms with van der Waals surface area (Å²) in [5.41, 5.74) is 1.34. The molecule has 0 unspecified atom stereocenters. The predicted octanol–water partition coefficient (Wildman–Crippen LogP) is 4.94. The third-order valence-electron chi connectivity index (χ3n) is 3.33. The monoisotopic (exact) mass is 452 g/mol. The molecule has 4 nitrogen and oxygen atoms in total. The lowest BCUT2D eigenvalue weighted by molar-refractivity contribution is 0.0941. The molecule has 1 N–H and O–H groups in total. The Morgan fingerprint density at radius 3 is 2.50 bits per heavy atom. The summed E-state index contributed by atoms with van der Waals surface area (Å²) >= 11 is 6.55. The summed E-state index contributed by atoms with van der Waals surface area (Å²) in [5.74, 6) is -0.327. The van der Waals surface area contributed by atoms with Crippen molar-refractivity contribution in [3.05, 3.63) is 74.6 Å². The van der Waals surface area contributed by atoms with Gasteiger partial charge in [0.05, 0.1) is 0 Å². The van der Waals surface area contributed by atoms with Crippen molar-refractivity contribution < 1.29 is 13.7 Å². The van der Waals surface area contributed by atoms with E-state index in [4.69, 9.17) is 4.52 Å². The molecule has 0 saturated carbocycles. The summed E-state index contributed by atoms with van der Waals surface area (Å²) in [6.45, 7) is 0.0679. The van der Waals surface area contributed by atoms with Crippen LogP contribution < -0.4 is 5.32 Å². The number of benzene rings is 2. The summed E-state index contributed by atoms with van der Waals surface area (Å²) in [6.07, 6.45) is 0. The highest BCUT2D eigenvalue weighted by Gasteiger charge is 2.14. The number of aromatic nitrogens is 1. The molecule has 0 bridgehead atoms. The van der Waals surface area contributed by atoms with E-state index < -0.39 is 5.91 Å². The highest BCUT2D eigenvalue weighted by Crippen LogP contribution is 2.22. The van der Waals surface area contributed by atoms with Crippen LogP contribution in [-0.4, -0.2) is 11.1 Å². The maximum Gasteiger partial charge on any atom is 0.273 e. The van der Waals surface area contributed by atoms with Gasteiger partial charge in [0, 0.05) is 32.7 Å². The van der Waals surface area contributed by atoms with E-state index in [0.717, 1.165) is 10.0 Å². The van der Waals surface area contributed by atoms with Crippen molar-refractivity contribution in [2.45, 2.75) is 6.54 Å². The number of nitrogens with one attached hydrogen (secondary N) is 1. The molecule has 2 aromatic carbocycles. The van der Waals surface area contributed by atoms with Crippen LogP contribution in [0.15, 0.2) is 62.0 Å². The fourth-order valence-corrected chi connectivity index (χ4v) is 2.66. The van der Waals surface area contributed by atoms with E-state index in [1.165, 1.54) is 6.07 Å². The molecule has 0 aliphatic rings. The van der Waals surface area contributed by atoms with E-state index in [2.05, 4.69) is 42.3 Å². The fourth-order valence-electron chi connectivity index (χ4n) is 2.06. The summed E-state index contributed by atoms with van der Waals surface area (Å²) in [6, 6.07) is 13.7. The summed E-state index contributed by atoms with van der Waals surface area (Å²) < 4.78 is 20.5. The Hall–Kier alpha value is -1.99. The standard InChI is InChI=1S/C17H11Br2FN2O2/c18-12-4-1-10(2-5-12)16-8-15(22-24-16)17(23)21-9-11-3-6-13(19)7-14(11)20/h1-8H,9H2,(H,21,23). The zero-order valence-electron chi connectivity index (χ0n) is 12.2. The number of hydrogen-bond donors (Lipinski definition) is 1. The minimum atomic E-state index is -0.426. The molecule has 3 rings (SSSR count). The van der Waals surface area contributed by atoms with E-state index in [0.29, 0.717) is 15.8 Å². The molecule has 1 heterocycles. The number of halogens is 3. The molecule has 122 valence electrons. The smallest absolute Gasteiger partial charge is 0.273 e. The quantitative estimate of drug-likeness (QED) is 0.608. The van der Waals surface area contributed by atoms with Crippen molar-refractivity contribution in [3.63, 3.8) is 0 Å². The number of rotatable bonds is 4. The second-order valence-corrected chi connectivity index (χ2v) is 6.83. The van der Waals surface area contributed by atoms with Gasteiger partial charge in [-0.1, -0.05) is 55.2 Å². The van der Waals surface area contributed by atoms with Crippen LogP contribution in [0, 0.1) is 5.82 Å². The number of nitrogens with zero attached hydrogens (tertiary/aromatic N) is 1. The van der Waals surface area contributed by atoms with Gasteiger partial charge in [-0.15, -0.1) is 0 Å². The van der Waals surface area contributed by atoms with Gasteiger partial charge in [0.1, 0.15) is 5.82 Å². The minimum Gasteiger partial charge on any atom is -0.355 e. The zero-order valence-corrected chi connectivity index (χ0v) is 15.4. The van der Waals surface area contributed by atoms with Crippen LogP contribution in [0.3, 0.4) is 0 Å². The molecule has 1 aromatic heterocycles. The van der Waals surface area contributed by atoms with Crippen molar-refractivity contribution in [1.29, 1.82) is 0 Å². The second kappa shape index (κ2) is 7.27. The van der Waals surface area contributed by atoms with Crippen molar-refractivity contribution in [2.24, 2.45) is 0 Å². The maximum atomic E-state index is 13.7. The third-order valence-corrected chi connectivity index (χ3v) is 4.35. The SMILES string of the molecule is O=C(NCc1ccc(Br)cc1F)c1cc(-c2ccc(Br)cc2)on1. The molecule has 24 heavy (non-hydrogen) atoms. The number of hydrogen-bond acceptors (Lipinski definition) is 3. The van der Waals surface area contributed by atoms with E-state index in [-0.39, 0.29) is 18.1 Å². The van der Waals surface area contributed by atoms with Crippen LogP contribution in [-0.2, 0) is 6.54 Å². The normalized spacial score (nSPS) is 10.6. The van der Waals surface area contributed by atoms with Crippen molar-refractivity contribution in [1.82, 2.24) is 10.5 Å². The van der Waals surface area contributed by atoms with E-state index in [1.807, 2.05) is 24.3 Å². The van der Waals surface area contributed by atoms with Crippen LogP contribution in [0.4, 0.5) is 4.39 Å². The van der Waals surface area contributed by atoms with E-state index in [9.17, 15) is 9.18 Å². The Morgan fingerprint density at radius 2 is 1.79 bits per heavy atom. The first-order valence-electron chi connectivity index (χ1n) is 6.98. The van der Waals surface area contributed by atoms with Gasteiger partial charge in [0.15, 0.2) is 11.5 Å². The van der Waals surface area contributed by atoms with Crippen molar-refractivity contribution in [3.8, 4) is 11.3 Å². The Morgan fingerprint density at radius 1 is 1.08 bits per heavy atom. The Bertz CT molecular complexity index is 879. The molecule has 0 saturated heterocycles. The van der Waals surface area contributed by atoms with Gasteiger partial charge in [-0.2, -0.15) is 0 Å². The Kier molecular flexibility index (Phi) is 5.11. The molecular formula is C17H11Br2FN2O2. The molecule has 0 aliphatic carbocycles. The van der Waals surface area contributed by atoms with Crippen LogP contribution in [0.1, 0.15) is 16.1 Å². The molecule has 0 radical (unpaired) electrons. The predicted molar refractivity (Wildman–Crippen MR) is 94.9 cm³/mol. The minimum absolute atomic E-state index is 0.0679. The molecule has 3 aromatic rings. The molecule has 0 aliphatic heterocycles. The van der Waals surface area contributed by atoms with Crippen LogP contribution in [0.2, 0.25) is 0 Å². The number of amides is 1. The second-order valence-electron chi connectivity index (χ2n) is 5.00. The van der Waals surface area contributed by atoms with Gasteiger partial charge in [-0.25, -0.2) is 4.39 Å². The Labute approximate surface area is 154 Å². The van der Waals surface area contributed by atoms with Crippen LogP contribution in [0.25, 0.3) is 11.3 Å². The zero-order chi connectivity index (χ0) is 17.1. The fraction of sp³-hybridized carbons (Fsp3) is 0.0588. The number of carbonyl (C=O) groups is 1. The van der Waals surface area contributed by atoms with Gasteiger partial charge >= 0.3 is 0 Å². The first-order valence-corrected chi connectivity index (χ1v) is 8.56. The topological polar surface area (TPSA) is 55.1 Å². The average molecular weight is 454 g/mol. The van der Waals surface area contributed by atoms with Crippen LogP contribution in [0.5, 0.6) is 0 Å². The average Bonchev–Trinajstić information content (AvgIpc) is 3.04. The third kappa shape index (κ3) is 3.91. The summed E-state index contributed by atoms with van der Waals surface area (Å²) in [4.78, 5) is 12.1. The largest absolute Gasteiger partial charge is 0.355 e. The number of carbonyl (C=O) groups excluding carboxylic acids is 1. The van der Waals surface area contributed by atoms with Gasteiger partial charge in [0.25, 0.3) is 5.91 Å². The first-order chi connectivity index (χ1) is 11.5. The first kappa shape index (κ1) is 16.9. The van der Waals surface area contributed by atoms with E-state index >= 15 is 0 Å². The molecule has 0 spiro atoms. The molecule has 1 amide bonds. The maximum absolute atomic E-state index is 13.7. The highest BCUT2D eigenvalue weighted by atomic mass is 79.9. The van der Waals surface area contributed by atoms with Gasteiger partial charge in [-0.05, 0) is 24.3 Å². The van der Waals surface area contributed by atoms with Crippen molar-refractivity contribution in [2.75, 3.05) is 0 Å². The lowest BCUT2D eigenvalue weighted by Gasteiger charge is -2.04. The molecular weight excluding hydrogens is 443 g/mol. The van der Waals surface area contributed by atoms with Crippen molar-refractivity contribution >= 4 is 37.8 Å². The van der Waals surface area contributed by atoms with Gasteiger partial charge in [-0.3, -0.25) is 4.79 Å². The molecule has 0 atom stereocenters. The van der Waals surface area contributed by atoms with Gasteiger partial charge < -0.3 is 9.84 Å². The Balaban J connectivity index is 1.68. The van der Waals surface area contributed by atoms with E-state index in [1.54, 1.807) is 18.2 Å². The van der Waals surface area contributed by atoms with Gasteiger partial charge in [0.2, 0.25) is 0 Å². The highest BCUT2D eigenvalue weighted by molar-refractivity contribution is 9.10. The lowest BCUT2D eigenvalue weighted by Crippen LogP contribution is -2.23. The van der Waals surface area contributed by atoms with Crippen LogP contribution >= 0.6 is 31.9 Å². The molecule has 7 heteroatoms. The summed E-state index contributed by atoms with van der Waals surface area (Å²) in [5, 5.41) is 6.39.